The van der Waals surface area contributed by atoms with Crippen LogP contribution in [-0.2, 0) is 11.3 Å². The highest BCUT2D eigenvalue weighted by atomic mass is 16.5. The van der Waals surface area contributed by atoms with E-state index in [-0.39, 0.29) is 6.10 Å². The van der Waals surface area contributed by atoms with E-state index in [0.29, 0.717) is 5.92 Å². The summed E-state index contributed by atoms with van der Waals surface area (Å²) in [5.41, 5.74) is 4.08. The second-order valence-corrected chi connectivity index (χ2v) is 6.59. The SMILES string of the molecule is C1=Cc2ccccc2C(C2CCN(Cc3ccccc3)CC2)O1. The molecule has 0 radical (unpaired) electrons. The first kappa shape index (κ1) is 14.5. The maximum absolute atomic E-state index is 6.00. The maximum atomic E-state index is 6.00. The molecule has 2 nitrogen and oxygen atoms in total. The molecule has 2 heteroatoms. The molecule has 0 amide bonds. The van der Waals surface area contributed by atoms with Crippen LogP contribution >= 0.6 is 0 Å². The molecular weight excluding hydrogens is 282 g/mol. The molecule has 0 spiro atoms. The lowest BCUT2D eigenvalue weighted by molar-refractivity contribution is 0.0419. The number of hydrogen-bond acceptors (Lipinski definition) is 2. The maximum Gasteiger partial charge on any atom is 0.126 e. The van der Waals surface area contributed by atoms with E-state index in [9.17, 15) is 0 Å². The lowest BCUT2D eigenvalue weighted by atomic mass is 9.84. The zero-order valence-corrected chi connectivity index (χ0v) is 13.4. The van der Waals surface area contributed by atoms with Crippen molar-refractivity contribution < 1.29 is 4.74 Å². The van der Waals surface area contributed by atoms with Gasteiger partial charge in [0.15, 0.2) is 0 Å². The van der Waals surface area contributed by atoms with Crippen LogP contribution in [0.1, 0.15) is 35.6 Å². The Hall–Kier alpha value is -2.06. The van der Waals surface area contributed by atoms with Crippen LogP contribution < -0.4 is 0 Å². The minimum atomic E-state index is 0.232. The van der Waals surface area contributed by atoms with Crippen LogP contribution in [0.5, 0.6) is 0 Å². The highest BCUT2D eigenvalue weighted by Crippen LogP contribution is 2.38. The Morgan fingerprint density at radius 1 is 0.913 bits per heavy atom. The van der Waals surface area contributed by atoms with Gasteiger partial charge in [-0.15, -0.1) is 0 Å². The fourth-order valence-electron chi connectivity index (χ4n) is 3.81. The molecule has 0 bridgehead atoms. The number of rotatable bonds is 3. The molecule has 0 aromatic heterocycles. The van der Waals surface area contributed by atoms with Gasteiger partial charge in [-0.1, -0.05) is 54.6 Å². The number of piperidine rings is 1. The molecule has 1 atom stereocenters. The lowest BCUT2D eigenvalue weighted by Gasteiger charge is -2.37. The van der Waals surface area contributed by atoms with Gasteiger partial charge in [-0.3, -0.25) is 4.90 Å². The van der Waals surface area contributed by atoms with E-state index in [0.717, 1.165) is 19.6 Å². The minimum Gasteiger partial charge on any atom is -0.493 e. The molecule has 2 aliphatic heterocycles. The molecule has 0 saturated carbocycles. The molecule has 2 aromatic rings. The molecule has 4 rings (SSSR count). The predicted molar refractivity (Wildman–Crippen MR) is 93.7 cm³/mol. The first-order chi connectivity index (χ1) is 11.4. The van der Waals surface area contributed by atoms with Gasteiger partial charge in [0.05, 0.1) is 6.26 Å². The molecule has 2 heterocycles. The Balaban J connectivity index is 1.39. The largest absolute Gasteiger partial charge is 0.493 e. The van der Waals surface area contributed by atoms with Crippen molar-refractivity contribution in [1.29, 1.82) is 0 Å². The molecule has 0 N–H and O–H groups in total. The molecule has 2 aliphatic rings. The summed E-state index contributed by atoms with van der Waals surface area (Å²) in [5.74, 6) is 0.619. The van der Waals surface area contributed by atoms with Gasteiger partial charge >= 0.3 is 0 Å². The molecule has 1 saturated heterocycles. The number of ether oxygens (including phenoxy) is 1. The molecule has 1 unspecified atom stereocenters. The van der Waals surface area contributed by atoms with Crippen molar-refractivity contribution in [2.45, 2.75) is 25.5 Å². The van der Waals surface area contributed by atoms with Crippen LogP contribution in [0.4, 0.5) is 0 Å². The first-order valence-electron chi connectivity index (χ1n) is 8.57. The summed E-state index contributed by atoms with van der Waals surface area (Å²) in [6, 6.07) is 19.4. The number of hydrogen-bond donors (Lipinski definition) is 0. The fraction of sp³-hybridized carbons (Fsp3) is 0.333. The van der Waals surface area contributed by atoms with Crippen molar-refractivity contribution in [3.63, 3.8) is 0 Å². The van der Waals surface area contributed by atoms with E-state index >= 15 is 0 Å². The third-order valence-corrected chi connectivity index (χ3v) is 5.08. The fourth-order valence-corrected chi connectivity index (χ4v) is 3.81. The van der Waals surface area contributed by atoms with E-state index in [1.54, 1.807) is 0 Å². The molecule has 118 valence electrons. The molecule has 2 aromatic carbocycles. The Labute approximate surface area is 138 Å². The normalized spacial score (nSPS) is 21.7. The molecule has 1 fully saturated rings. The van der Waals surface area contributed by atoms with Gasteiger partial charge in [0.1, 0.15) is 6.10 Å². The smallest absolute Gasteiger partial charge is 0.126 e. The number of nitrogens with zero attached hydrogens (tertiary/aromatic N) is 1. The summed E-state index contributed by atoms with van der Waals surface area (Å²) in [6.07, 6.45) is 6.61. The first-order valence-corrected chi connectivity index (χ1v) is 8.57. The summed E-state index contributed by atoms with van der Waals surface area (Å²) in [7, 11) is 0. The number of fused-ring (bicyclic) bond motifs is 1. The van der Waals surface area contributed by atoms with E-state index in [4.69, 9.17) is 4.74 Å². The van der Waals surface area contributed by atoms with Crippen molar-refractivity contribution in [2.24, 2.45) is 5.92 Å². The number of likely N-dealkylation sites (tertiary alicyclic amines) is 1. The molecule has 0 aliphatic carbocycles. The second-order valence-electron chi connectivity index (χ2n) is 6.59. The van der Waals surface area contributed by atoms with Crippen LogP contribution in [0, 0.1) is 5.92 Å². The quantitative estimate of drug-likeness (QED) is 0.819. The van der Waals surface area contributed by atoms with Crippen LogP contribution in [0.15, 0.2) is 60.9 Å². The second kappa shape index (κ2) is 6.59. The van der Waals surface area contributed by atoms with Crippen molar-refractivity contribution in [3.05, 3.63) is 77.5 Å². The highest BCUT2D eigenvalue weighted by Gasteiger charge is 2.30. The van der Waals surface area contributed by atoms with Gasteiger partial charge in [-0.05, 0) is 48.7 Å². The Morgan fingerprint density at radius 2 is 1.65 bits per heavy atom. The van der Waals surface area contributed by atoms with E-state index in [1.165, 1.54) is 29.5 Å². The Bertz CT molecular complexity index is 671. The van der Waals surface area contributed by atoms with E-state index < -0.39 is 0 Å². The molecular formula is C21H23NO. The topological polar surface area (TPSA) is 12.5 Å². The van der Waals surface area contributed by atoms with Crippen molar-refractivity contribution >= 4 is 6.08 Å². The van der Waals surface area contributed by atoms with E-state index in [2.05, 4.69) is 65.6 Å². The van der Waals surface area contributed by atoms with Gasteiger partial charge in [0.2, 0.25) is 0 Å². The van der Waals surface area contributed by atoms with Crippen molar-refractivity contribution in [1.82, 2.24) is 4.90 Å². The zero-order chi connectivity index (χ0) is 15.5. The predicted octanol–water partition coefficient (Wildman–Crippen LogP) is 4.64. The monoisotopic (exact) mass is 305 g/mol. The third kappa shape index (κ3) is 3.18. The van der Waals surface area contributed by atoms with Crippen molar-refractivity contribution in [3.8, 4) is 0 Å². The summed E-state index contributed by atoms with van der Waals surface area (Å²) < 4.78 is 6.00. The van der Waals surface area contributed by atoms with Crippen LogP contribution in [0.2, 0.25) is 0 Å². The summed E-state index contributed by atoms with van der Waals surface area (Å²) in [6.45, 7) is 3.38. The van der Waals surface area contributed by atoms with Gasteiger partial charge < -0.3 is 4.74 Å². The average molecular weight is 305 g/mol. The molecule has 23 heavy (non-hydrogen) atoms. The van der Waals surface area contributed by atoms with Gasteiger partial charge in [0.25, 0.3) is 0 Å². The van der Waals surface area contributed by atoms with Crippen molar-refractivity contribution in [2.75, 3.05) is 13.1 Å². The summed E-state index contributed by atoms with van der Waals surface area (Å²) >= 11 is 0. The van der Waals surface area contributed by atoms with E-state index in [1.807, 2.05) is 6.26 Å². The third-order valence-electron chi connectivity index (χ3n) is 5.08. The zero-order valence-electron chi connectivity index (χ0n) is 13.4. The Morgan fingerprint density at radius 3 is 2.48 bits per heavy atom. The Kier molecular flexibility index (Phi) is 4.16. The average Bonchev–Trinajstić information content (AvgIpc) is 2.63. The van der Waals surface area contributed by atoms with Gasteiger partial charge in [-0.25, -0.2) is 0 Å². The summed E-state index contributed by atoms with van der Waals surface area (Å²) in [4.78, 5) is 2.57. The van der Waals surface area contributed by atoms with Gasteiger partial charge in [-0.2, -0.15) is 0 Å². The lowest BCUT2D eigenvalue weighted by Crippen LogP contribution is -2.35. The van der Waals surface area contributed by atoms with Crippen LogP contribution in [0.3, 0.4) is 0 Å². The van der Waals surface area contributed by atoms with Crippen LogP contribution in [-0.4, -0.2) is 18.0 Å². The number of benzene rings is 2. The minimum absolute atomic E-state index is 0.232. The van der Waals surface area contributed by atoms with Gasteiger partial charge in [0, 0.05) is 12.5 Å². The summed E-state index contributed by atoms with van der Waals surface area (Å²) in [5, 5.41) is 0. The van der Waals surface area contributed by atoms with Crippen LogP contribution in [0.25, 0.3) is 6.08 Å². The standard InChI is InChI=1S/C21H23NO/c1-2-6-17(7-3-1)16-22-13-10-19(11-14-22)21-20-9-5-4-8-18(20)12-15-23-21/h1-9,12,15,19,21H,10-11,13-14,16H2. The highest BCUT2D eigenvalue weighted by molar-refractivity contribution is 5.55.